The monoisotopic (exact) mass is 280 g/mol. The van der Waals surface area contributed by atoms with Gasteiger partial charge in [0, 0.05) is 17.2 Å². The van der Waals surface area contributed by atoms with Crippen molar-refractivity contribution in [2.45, 2.75) is 13.8 Å². The molecule has 1 aromatic heterocycles. The van der Waals surface area contributed by atoms with Gasteiger partial charge in [-0.05, 0) is 25.5 Å². The van der Waals surface area contributed by atoms with E-state index in [2.05, 4.69) is 10.5 Å². The minimum absolute atomic E-state index is 0.146. The second-order valence-electron chi connectivity index (χ2n) is 4.09. The maximum Gasteiger partial charge on any atom is 0.294 e. The molecule has 19 heavy (non-hydrogen) atoms. The third-order valence-corrected chi connectivity index (χ3v) is 2.99. The van der Waals surface area contributed by atoms with Crippen molar-refractivity contribution in [2.24, 2.45) is 0 Å². The van der Waals surface area contributed by atoms with Crippen LogP contribution >= 0.6 is 11.6 Å². The largest absolute Gasteiger partial charge is 0.495 e. The highest BCUT2D eigenvalue weighted by molar-refractivity contribution is 6.31. The van der Waals surface area contributed by atoms with Crippen LogP contribution in [0.1, 0.15) is 21.8 Å². The fraction of sp³-hybridized carbons (Fsp3) is 0.231. The van der Waals surface area contributed by atoms with Crippen molar-refractivity contribution in [1.29, 1.82) is 0 Å². The molecule has 0 aliphatic carbocycles. The van der Waals surface area contributed by atoms with E-state index in [-0.39, 0.29) is 11.7 Å². The Morgan fingerprint density at radius 1 is 1.37 bits per heavy atom. The number of halogens is 1. The van der Waals surface area contributed by atoms with Crippen molar-refractivity contribution >= 4 is 23.2 Å². The average Bonchev–Trinajstić information content (AvgIpc) is 2.80. The minimum Gasteiger partial charge on any atom is -0.495 e. The first-order valence-electron chi connectivity index (χ1n) is 5.60. The first-order chi connectivity index (χ1) is 9.01. The van der Waals surface area contributed by atoms with Crippen LogP contribution in [0.5, 0.6) is 5.75 Å². The fourth-order valence-electron chi connectivity index (χ4n) is 1.58. The Morgan fingerprint density at radius 2 is 2.11 bits per heavy atom. The van der Waals surface area contributed by atoms with Crippen LogP contribution < -0.4 is 10.1 Å². The molecule has 0 aliphatic heterocycles. The maximum absolute atomic E-state index is 12.0. The number of hydrogen-bond acceptors (Lipinski definition) is 4. The summed E-state index contributed by atoms with van der Waals surface area (Å²) < 4.78 is 10.1. The number of ether oxygens (including phenoxy) is 1. The van der Waals surface area contributed by atoms with E-state index in [0.29, 0.717) is 22.2 Å². The molecule has 100 valence electrons. The van der Waals surface area contributed by atoms with Gasteiger partial charge < -0.3 is 14.6 Å². The molecule has 1 aromatic carbocycles. The molecule has 2 aromatic rings. The Morgan fingerprint density at radius 3 is 2.68 bits per heavy atom. The summed E-state index contributed by atoms with van der Waals surface area (Å²) >= 11 is 6.00. The summed E-state index contributed by atoms with van der Waals surface area (Å²) in [6.45, 7) is 3.59. The Balaban J connectivity index is 2.28. The summed E-state index contributed by atoms with van der Waals surface area (Å²) in [4.78, 5) is 12.0. The van der Waals surface area contributed by atoms with E-state index in [1.165, 1.54) is 7.11 Å². The van der Waals surface area contributed by atoms with E-state index in [9.17, 15) is 4.79 Å². The zero-order valence-corrected chi connectivity index (χ0v) is 11.5. The van der Waals surface area contributed by atoms with Gasteiger partial charge in [0.1, 0.15) is 5.75 Å². The van der Waals surface area contributed by atoms with Crippen LogP contribution in [-0.4, -0.2) is 18.2 Å². The molecule has 0 unspecified atom stereocenters. The number of nitrogens with one attached hydrogen (secondary N) is 1. The number of rotatable bonds is 3. The number of nitrogens with zero attached hydrogens (tertiary/aromatic N) is 1. The summed E-state index contributed by atoms with van der Waals surface area (Å²) in [6.07, 6.45) is 0. The minimum atomic E-state index is -0.388. The van der Waals surface area contributed by atoms with Crippen LogP contribution in [-0.2, 0) is 0 Å². The molecule has 5 nitrogen and oxygen atoms in total. The molecular weight excluding hydrogens is 268 g/mol. The highest BCUT2D eigenvalue weighted by atomic mass is 35.5. The Bertz CT molecular complexity index is 622. The SMILES string of the molecule is COc1cc(Cl)c(C)cc1NC(=O)c1cc(C)no1. The van der Waals surface area contributed by atoms with Gasteiger partial charge in [0.15, 0.2) is 0 Å². The lowest BCUT2D eigenvalue weighted by molar-refractivity contribution is 0.0987. The molecular formula is C13H13ClN2O3. The van der Waals surface area contributed by atoms with Crippen molar-refractivity contribution in [3.8, 4) is 5.75 Å². The van der Waals surface area contributed by atoms with E-state index in [4.69, 9.17) is 20.9 Å². The van der Waals surface area contributed by atoms with Gasteiger partial charge in [-0.25, -0.2) is 0 Å². The van der Waals surface area contributed by atoms with E-state index >= 15 is 0 Å². The van der Waals surface area contributed by atoms with Gasteiger partial charge in [0.05, 0.1) is 18.5 Å². The highest BCUT2D eigenvalue weighted by Gasteiger charge is 2.15. The molecule has 0 fully saturated rings. The molecule has 0 spiro atoms. The number of amides is 1. The predicted molar refractivity (Wildman–Crippen MR) is 71.9 cm³/mol. The predicted octanol–water partition coefficient (Wildman–Crippen LogP) is 3.21. The third-order valence-electron chi connectivity index (χ3n) is 2.58. The summed E-state index contributed by atoms with van der Waals surface area (Å²) in [5.74, 6) is 0.243. The second kappa shape index (κ2) is 5.32. The summed E-state index contributed by atoms with van der Waals surface area (Å²) in [6, 6.07) is 4.95. The number of hydrogen-bond donors (Lipinski definition) is 1. The topological polar surface area (TPSA) is 64.4 Å². The highest BCUT2D eigenvalue weighted by Crippen LogP contribution is 2.31. The number of aromatic nitrogens is 1. The number of aryl methyl sites for hydroxylation is 2. The molecule has 1 heterocycles. The van der Waals surface area contributed by atoms with E-state index in [1.54, 1.807) is 25.1 Å². The van der Waals surface area contributed by atoms with E-state index in [0.717, 1.165) is 5.56 Å². The quantitative estimate of drug-likeness (QED) is 0.938. The third kappa shape index (κ3) is 2.88. The van der Waals surface area contributed by atoms with Crippen molar-refractivity contribution in [3.05, 3.63) is 40.2 Å². The zero-order valence-electron chi connectivity index (χ0n) is 10.8. The standard InChI is InChI=1S/C13H13ClN2O3/c1-7-4-10(11(18-3)6-9(7)14)15-13(17)12-5-8(2)16-19-12/h4-6H,1-3H3,(H,15,17). The Hall–Kier alpha value is -2.01. The molecule has 0 aliphatic rings. The van der Waals surface area contributed by atoms with Crippen LogP contribution in [0.25, 0.3) is 0 Å². The Kier molecular flexibility index (Phi) is 3.76. The fourth-order valence-corrected chi connectivity index (χ4v) is 1.74. The molecule has 0 saturated heterocycles. The number of methoxy groups -OCH3 is 1. The first-order valence-corrected chi connectivity index (χ1v) is 5.98. The molecule has 0 radical (unpaired) electrons. The summed E-state index contributed by atoms with van der Waals surface area (Å²) in [5, 5.41) is 6.94. The number of benzene rings is 1. The van der Waals surface area contributed by atoms with Gasteiger partial charge in [-0.15, -0.1) is 0 Å². The molecule has 1 amide bonds. The van der Waals surface area contributed by atoms with Gasteiger partial charge in [0.2, 0.25) is 5.76 Å². The smallest absolute Gasteiger partial charge is 0.294 e. The van der Waals surface area contributed by atoms with Crippen LogP contribution in [0.3, 0.4) is 0 Å². The maximum atomic E-state index is 12.0. The number of anilines is 1. The molecule has 0 atom stereocenters. The van der Waals surface area contributed by atoms with Crippen LogP contribution in [0.2, 0.25) is 5.02 Å². The van der Waals surface area contributed by atoms with Crippen molar-refractivity contribution < 1.29 is 14.1 Å². The van der Waals surface area contributed by atoms with E-state index in [1.807, 2.05) is 6.92 Å². The van der Waals surface area contributed by atoms with Gasteiger partial charge in [0.25, 0.3) is 5.91 Å². The zero-order chi connectivity index (χ0) is 14.0. The lowest BCUT2D eigenvalue weighted by Crippen LogP contribution is -2.12. The average molecular weight is 281 g/mol. The summed E-state index contributed by atoms with van der Waals surface area (Å²) in [7, 11) is 1.51. The molecule has 6 heteroatoms. The van der Waals surface area contributed by atoms with Gasteiger partial charge in [-0.2, -0.15) is 0 Å². The van der Waals surface area contributed by atoms with Gasteiger partial charge >= 0.3 is 0 Å². The number of carbonyl (C=O) groups is 1. The van der Waals surface area contributed by atoms with E-state index < -0.39 is 0 Å². The second-order valence-corrected chi connectivity index (χ2v) is 4.50. The van der Waals surface area contributed by atoms with Crippen LogP contribution in [0.15, 0.2) is 22.7 Å². The Labute approximate surface area is 115 Å². The molecule has 2 rings (SSSR count). The first kappa shape index (κ1) is 13.4. The lowest BCUT2D eigenvalue weighted by atomic mass is 10.2. The lowest BCUT2D eigenvalue weighted by Gasteiger charge is -2.11. The van der Waals surface area contributed by atoms with Gasteiger partial charge in [-0.3, -0.25) is 4.79 Å². The number of carbonyl (C=O) groups excluding carboxylic acids is 1. The van der Waals surface area contributed by atoms with Crippen molar-refractivity contribution in [1.82, 2.24) is 5.16 Å². The molecule has 1 N–H and O–H groups in total. The molecule has 0 saturated carbocycles. The van der Waals surface area contributed by atoms with Gasteiger partial charge in [-0.1, -0.05) is 16.8 Å². The van der Waals surface area contributed by atoms with Crippen LogP contribution in [0.4, 0.5) is 5.69 Å². The molecule has 0 bridgehead atoms. The van der Waals surface area contributed by atoms with Crippen molar-refractivity contribution in [2.75, 3.05) is 12.4 Å². The normalized spacial score (nSPS) is 10.3. The van der Waals surface area contributed by atoms with Crippen LogP contribution in [0, 0.1) is 13.8 Å². The van der Waals surface area contributed by atoms with Crippen molar-refractivity contribution in [3.63, 3.8) is 0 Å². The summed E-state index contributed by atoms with van der Waals surface area (Å²) in [5.41, 5.74) is 2.01.